The molecule has 1 aliphatic heterocycles. The quantitative estimate of drug-likeness (QED) is 0.872. The van der Waals surface area contributed by atoms with Gasteiger partial charge in [-0.15, -0.1) is 0 Å². The van der Waals surface area contributed by atoms with Crippen molar-refractivity contribution in [2.24, 2.45) is 0 Å². The summed E-state index contributed by atoms with van der Waals surface area (Å²) in [6, 6.07) is 9.33. The molecule has 110 valence electrons. The van der Waals surface area contributed by atoms with Crippen molar-refractivity contribution in [1.82, 2.24) is 5.32 Å². The van der Waals surface area contributed by atoms with Crippen LogP contribution >= 0.6 is 23.2 Å². The predicted octanol–water partition coefficient (Wildman–Crippen LogP) is 2.80. The minimum Gasteiger partial charge on any atom is -0.348 e. The second-order valence-corrected chi connectivity index (χ2v) is 6.17. The van der Waals surface area contributed by atoms with E-state index < -0.39 is 16.5 Å². The van der Waals surface area contributed by atoms with E-state index in [1.807, 2.05) is 44.2 Å². The molecule has 1 heterocycles. The van der Waals surface area contributed by atoms with Crippen molar-refractivity contribution in [3.63, 3.8) is 0 Å². The van der Waals surface area contributed by atoms with Crippen LogP contribution in [0.25, 0.3) is 0 Å². The van der Waals surface area contributed by atoms with Crippen LogP contribution in [0, 0.1) is 0 Å². The third-order valence-corrected chi connectivity index (χ3v) is 3.44. The van der Waals surface area contributed by atoms with Gasteiger partial charge in [-0.3, -0.25) is 4.79 Å². The van der Waals surface area contributed by atoms with Crippen LogP contribution in [-0.4, -0.2) is 29.2 Å². The molecule has 0 saturated carbocycles. The Balaban J connectivity index is 2.19. The summed E-state index contributed by atoms with van der Waals surface area (Å²) in [5.74, 6) is -1.16. The minimum absolute atomic E-state index is 0.309. The molecule has 0 spiro atoms. The van der Waals surface area contributed by atoms with Gasteiger partial charge in [-0.05, 0) is 19.4 Å². The zero-order valence-electron chi connectivity index (χ0n) is 11.3. The fourth-order valence-electron chi connectivity index (χ4n) is 2.11. The standard InChI is InChI=1S/C14H17Cl2NO3/c1-14(2)19-8-10(17-13(18)12(15)16)11(20-14)9-6-4-3-5-7-9/h3-7,10-12H,8H2,1-2H3,(H,17,18). The molecule has 1 fully saturated rings. The smallest absolute Gasteiger partial charge is 0.253 e. The number of rotatable bonds is 3. The highest BCUT2D eigenvalue weighted by Gasteiger charge is 2.38. The monoisotopic (exact) mass is 317 g/mol. The lowest BCUT2D eigenvalue weighted by Crippen LogP contribution is -2.52. The van der Waals surface area contributed by atoms with Crippen LogP contribution in [0.5, 0.6) is 0 Å². The van der Waals surface area contributed by atoms with Crippen molar-refractivity contribution in [1.29, 1.82) is 0 Å². The molecule has 2 atom stereocenters. The topological polar surface area (TPSA) is 47.6 Å². The Kier molecular flexibility index (Phi) is 4.91. The van der Waals surface area contributed by atoms with Gasteiger partial charge in [0.1, 0.15) is 6.10 Å². The maximum atomic E-state index is 11.7. The number of benzene rings is 1. The number of nitrogens with one attached hydrogen (secondary N) is 1. The number of hydrogen-bond acceptors (Lipinski definition) is 3. The number of alkyl halides is 2. The van der Waals surface area contributed by atoms with Crippen molar-refractivity contribution in [3.8, 4) is 0 Å². The lowest BCUT2D eigenvalue weighted by molar-refractivity contribution is -0.284. The molecule has 1 N–H and O–H groups in total. The first kappa shape index (κ1) is 15.6. The van der Waals surface area contributed by atoms with Crippen molar-refractivity contribution >= 4 is 29.1 Å². The third kappa shape index (κ3) is 3.85. The van der Waals surface area contributed by atoms with Gasteiger partial charge in [0.15, 0.2) is 10.6 Å². The highest BCUT2D eigenvalue weighted by Crippen LogP contribution is 2.33. The van der Waals surface area contributed by atoms with Crippen molar-refractivity contribution in [2.75, 3.05) is 6.61 Å². The Morgan fingerprint density at radius 3 is 2.60 bits per heavy atom. The summed E-state index contributed by atoms with van der Waals surface area (Å²) < 4.78 is 11.5. The average molecular weight is 318 g/mol. The van der Waals surface area contributed by atoms with Gasteiger partial charge in [0.25, 0.3) is 5.91 Å². The lowest BCUT2D eigenvalue weighted by atomic mass is 10.0. The maximum absolute atomic E-state index is 11.7. The fourth-order valence-corrected chi connectivity index (χ4v) is 2.23. The van der Waals surface area contributed by atoms with E-state index in [4.69, 9.17) is 32.7 Å². The van der Waals surface area contributed by atoms with Crippen LogP contribution in [0.3, 0.4) is 0 Å². The molecule has 1 aromatic carbocycles. The Labute approximate surface area is 128 Å². The number of ether oxygens (including phenoxy) is 2. The van der Waals surface area contributed by atoms with Gasteiger partial charge in [-0.2, -0.15) is 0 Å². The summed E-state index contributed by atoms with van der Waals surface area (Å²) in [4.78, 5) is 10.6. The number of carbonyl (C=O) groups excluding carboxylic acids is 1. The Morgan fingerprint density at radius 1 is 1.35 bits per heavy atom. The Morgan fingerprint density at radius 2 is 2.00 bits per heavy atom. The van der Waals surface area contributed by atoms with E-state index in [1.165, 1.54) is 0 Å². The molecule has 2 rings (SSSR count). The van der Waals surface area contributed by atoms with Crippen LogP contribution in [-0.2, 0) is 14.3 Å². The molecule has 20 heavy (non-hydrogen) atoms. The molecule has 1 aromatic rings. The molecular weight excluding hydrogens is 301 g/mol. The number of carbonyl (C=O) groups is 1. The van der Waals surface area contributed by atoms with Crippen LogP contribution in [0.4, 0.5) is 0 Å². The Hall–Kier alpha value is -0.810. The SMILES string of the molecule is CC1(C)OCC(NC(=O)C(Cl)Cl)C(c2ccccc2)O1. The van der Waals surface area contributed by atoms with Crippen molar-refractivity contribution in [3.05, 3.63) is 35.9 Å². The number of hydrogen-bond donors (Lipinski definition) is 1. The molecule has 1 amide bonds. The van der Waals surface area contributed by atoms with Crippen LogP contribution in [0.15, 0.2) is 30.3 Å². The van der Waals surface area contributed by atoms with E-state index in [9.17, 15) is 4.79 Å². The molecule has 0 aromatic heterocycles. The van der Waals surface area contributed by atoms with E-state index >= 15 is 0 Å². The number of halogens is 2. The van der Waals surface area contributed by atoms with Gasteiger partial charge in [0.2, 0.25) is 0 Å². The predicted molar refractivity (Wildman–Crippen MR) is 77.7 cm³/mol. The van der Waals surface area contributed by atoms with E-state index in [0.717, 1.165) is 5.56 Å². The molecule has 0 aliphatic carbocycles. The molecule has 4 nitrogen and oxygen atoms in total. The normalized spacial score (nSPS) is 25.4. The molecule has 0 radical (unpaired) electrons. The first-order valence-electron chi connectivity index (χ1n) is 6.34. The van der Waals surface area contributed by atoms with Gasteiger partial charge in [-0.1, -0.05) is 53.5 Å². The largest absolute Gasteiger partial charge is 0.348 e. The van der Waals surface area contributed by atoms with Gasteiger partial charge < -0.3 is 14.8 Å². The van der Waals surface area contributed by atoms with Gasteiger partial charge in [0.05, 0.1) is 12.6 Å². The van der Waals surface area contributed by atoms with Crippen LogP contribution in [0.1, 0.15) is 25.5 Å². The molecule has 0 bridgehead atoms. The summed E-state index contributed by atoms with van der Waals surface area (Å²) >= 11 is 11.1. The van der Waals surface area contributed by atoms with E-state index in [2.05, 4.69) is 5.32 Å². The Bertz CT molecular complexity index is 465. The third-order valence-electron chi connectivity index (χ3n) is 3.04. The summed E-state index contributed by atoms with van der Waals surface area (Å²) in [6.07, 6.45) is -0.309. The second-order valence-electron chi connectivity index (χ2n) is 5.08. The van der Waals surface area contributed by atoms with Gasteiger partial charge in [0, 0.05) is 0 Å². The highest BCUT2D eigenvalue weighted by atomic mass is 35.5. The molecular formula is C14H17Cl2NO3. The molecule has 1 aliphatic rings. The van der Waals surface area contributed by atoms with E-state index in [-0.39, 0.29) is 12.1 Å². The fraction of sp³-hybridized carbons (Fsp3) is 0.500. The lowest BCUT2D eigenvalue weighted by Gasteiger charge is -2.41. The van der Waals surface area contributed by atoms with Gasteiger partial charge in [-0.25, -0.2) is 0 Å². The van der Waals surface area contributed by atoms with Crippen molar-refractivity contribution < 1.29 is 14.3 Å². The first-order valence-corrected chi connectivity index (χ1v) is 7.21. The zero-order valence-corrected chi connectivity index (χ0v) is 12.8. The van der Waals surface area contributed by atoms with Crippen LogP contribution in [0.2, 0.25) is 0 Å². The average Bonchev–Trinajstić information content (AvgIpc) is 2.41. The van der Waals surface area contributed by atoms with Gasteiger partial charge >= 0.3 is 0 Å². The van der Waals surface area contributed by atoms with E-state index in [0.29, 0.717) is 6.61 Å². The minimum atomic E-state index is -1.11. The number of amides is 1. The zero-order chi connectivity index (χ0) is 14.8. The summed E-state index contributed by atoms with van der Waals surface area (Å²) in [5.41, 5.74) is 0.967. The highest BCUT2D eigenvalue weighted by molar-refractivity contribution is 6.53. The molecule has 6 heteroatoms. The van der Waals surface area contributed by atoms with Crippen LogP contribution < -0.4 is 5.32 Å². The van der Waals surface area contributed by atoms with Crippen molar-refractivity contribution in [2.45, 2.75) is 36.6 Å². The summed E-state index contributed by atoms with van der Waals surface area (Å²) in [7, 11) is 0. The molecule has 2 unspecified atom stereocenters. The van der Waals surface area contributed by atoms with E-state index in [1.54, 1.807) is 0 Å². The summed E-state index contributed by atoms with van der Waals surface area (Å²) in [5, 5.41) is 2.75. The first-order chi connectivity index (χ1) is 9.39. The second kappa shape index (κ2) is 6.31. The molecule has 1 saturated heterocycles. The maximum Gasteiger partial charge on any atom is 0.253 e. The summed E-state index contributed by atoms with van der Waals surface area (Å²) in [6.45, 7) is 4.01.